The molecule has 0 unspecified atom stereocenters. The molecule has 0 spiro atoms. The number of carbonyl (C=O) groups excluding carboxylic acids is 1. The van der Waals surface area contributed by atoms with E-state index in [1.54, 1.807) is 13.8 Å². The molecule has 31 heavy (non-hydrogen) atoms. The normalized spacial score (nSPS) is 11.5. The Morgan fingerprint density at radius 3 is 2.55 bits per heavy atom. The maximum absolute atomic E-state index is 12.7. The minimum absolute atomic E-state index is 0.0348. The molecule has 162 valence electrons. The Labute approximate surface area is 178 Å². The molecule has 1 amide bonds. The van der Waals surface area contributed by atoms with Crippen molar-refractivity contribution in [3.8, 4) is 5.69 Å². The van der Waals surface area contributed by atoms with Crippen LogP contribution in [-0.4, -0.2) is 51.4 Å². The molecule has 1 heterocycles. The van der Waals surface area contributed by atoms with Gasteiger partial charge in [0.15, 0.2) is 0 Å². The molecule has 0 saturated heterocycles. The number of nitro groups is 1. The molecular formula is C19H20N6O5S. The summed E-state index contributed by atoms with van der Waals surface area (Å²) in [7, 11) is -3.70. The first-order valence-electron chi connectivity index (χ1n) is 9.33. The summed E-state index contributed by atoms with van der Waals surface area (Å²) >= 11 is 0. The van der Waals surface area contributed by atoms with Gasteiger partial charge in [0.1, 0.15) is 18.3 Å². The first-order valence-corrected chi connectivity index (χ1v) is 10.8. The number of rotatable bonds is 8. The third-order valence-corrected chi connectivity index (χ3v) is 6.58. The Balaban J connectivity index is 1.89. The van der Waals surface area contributed by atoms with Gasteiger partial charge in [-0.15, -0.1) is 0 Å². The molecule has 2 aromatic carbocycles. The summed E-state index contributed by atoms with van der Waals surface area (Å²) in [5.74, 6) is -0.620. The number of nitrogens with zero attached hydrogens (tertiary/aromatic N) is 5. The second kappa shape index (κ2) is 9.02. The number of hydrogen-bond donors (Lipinski definition) is 1. The number of hydrogen-bond acceptors (Lipinski definition) is 7. The van der Waals surface area contributed by atoms with Crippen molar-refractivity contribution in [1.29, 1.82) is 0 Å². The number of benzene rings is 2. The zero-order chi connectivity index (χ0) is 22.6. The monoisotopic (exact) mass is 444 g/mol. The number of aromatic nitrogens is 3. The van der Waals surface area contributed by atoms with Crippen LogP contribution >= 0.6 is 0 Å². The highest BCUT2D eigenvalue weighted by molar-refractivity contribution is 7.89. The van der Waals surface area contributed by atoms with E-state index in [1.165, 1.54) is 58.0 Å². The Morgan fingerprint density at radius 2 is 1.94 bits per heavy atom. The Hall–Kier alpha value is -3.64. The van der Waals surface area contributed by atoms with E-state index in [1.807, 2.05) is 0 Å². The lowest BCUT2D eigenvalue weighted by Gasteiger charge is -2.18. The fourth-order valence-electron chi connectivity index (χ4n) is 2.99. The molecule has 0 radical (unpaired) electrons. The molecule has 3 aromatic rings. The number of amides is 1. The first-order chi connectivity index (χ1) is 14.8. The van der Waals surface area contributed by atoms with Crippen LogP contribution in [0.25, 0.3) is 5.69 Å². The van der Waals surface area contributed by atoms with E-state index in [-0.39, 0.29) is 27.5 Å². The maximum atomic E-state index is 12.7. The average Bonchev–Trinajstić information content (AvgIpc) is 3.29. The molecule has 1 N–H and O–H groups in total. The molecule has 1 aromatic heterocycles. The summed E-state index contributed by atoms with van der Waals surface area (Å²) in [5.41, 5.74) is 0.121. The molecule has 0 saturated carbocycles. The van der Waals surface area contributed by atoms with Crippen molar-refractivity contribution in [3.63, 3.8) is 0 Å². The fourth-order valence-corrected chi connectivity index (χ4v) is 4.49. The van der Waals surface area contributed by atoms with Crippen molar-refractivity contribution in [2.75, 3.05) is 18.4 Å². The van der Waals surface area contributed by atoms with Crippen LogP contribution in [0.1, 0.15) is 24.2 Å². The van der Waals surface area contributed by atoms with E-state index in [9.17, 15) is 23.3 Å². The standard InChI is InChI=1S/C19H20N6O5S/c1-3-23(4-2)31(29,30)16-7-5-6-15(11-16)22-19(26)14-8-9-17(18(10-14)25(27)28)24-13-20-12-21-24/h5-13H,3-4H2,1-2H3,(H,22,26). The van der Waals surface area contributed by atoms with Crippen molar-refractivity contribution in [3.05, 3.63) is 70.8 Å². The van der Waals surface area contributed by atoms with Crippen LogP contribution in [0, 0.1) is 10.1 Å². The Morgan fingerprint density at radius 1 is 1.19 bits per heavy atom. The zero-order valence-corrected chi connectivity index (χ0v) is 17.6. The van der Waals surface area contributed by atoms with Crippen molar-refractivity contribution in [2.24, 2.45) is 0 Å². The van der Waals surface area contributed by atoms with Gasteiger partial charge in [0, 0.05) is 30.4 Å². The van der Waals surface area contributed by atoms with Gasteiger partial charge in [-0.25, -0.2) is 18.1 Å². The van der Waals surface area contributed by atoms with Crippen LogP contribution in [0.4, 0.5) is 11.4 Å². The quantitative estimate of drug-likeness (QED) is 0.416. The molecular weight excluding hydrogens is 424 g/mol. The summed E-state index contributed by atoms with van der Waals surface area (Å²) < 4.78 is 27.9. The molecule has 11 nitrogen and oxygen atoms in total. The topological polar surface area (TPSA) is 140 Å². The SMILES string of the molecule is CCN(CC)S(=O)(=O)c1cccc(NC(=O)c2ccc(-n3cncn3)c([N+](=O)[O-])c2)c1. The lowest BCUT2D eigenvalue weighted by atomic mass is 10.1. The van der Waals surface area contributed by atoms with Crippen LogP contribution in [0.5, 0.6) is 0 Å². The predicted molar refractivity (Wildman–Crippen MR) is 113 cm³/mol. The predicted octanol–water partition coefficient (Wildman–Crippen LogP) is 2.46. The smallest absolute Gasteiger partial charge is 0.295 e. The highest BCUT2D eigenvalue weighted by atomic mass is 32.2. The second-order valence-electron chi connectivity index (χ2n) is 6.37. The van der Waals surface area contributed by atoms with Crippen LogP contribution in [0.2, 0.25) is 0 Å². The molecule has 0 atom stereocenters. The fraction of sp³-hybridized carbons (Fsp3) is 0.211. The van der Waals surface area contributed by atoms with Gasteiger partial charge in [0.2, 0.25) is 10.0 Å². The third kappa shape index (κ3) is 4.59. The van der Waals surface area contributed by atoms with Gasteiger partial charge in [0.05, 0.1) is 9.82 Å². The maximum Gasteiger partial charge on any atom is 0.295 e. The molecule has 0 bridgehead atoms. The molecule has 0 aliphatic rings. The third-order valence-electron chi connectivity index (χ3n) is 4.53. The van der Waals surface area contributed by atoms with E-state index in [0.717, 1.165) is 6.07 Å². The number of anilines is 1. The Kier molecular flexibility index (Phi) is 6.42. The molecule has 3 rings (SSSR count). The molecule has 0 fully saturated rings. The summed E-state index contributed by atoms with van der Waals surface area (Å²) in [4.78, 5) is 27.3. The minimum atomic E-state index is -3.70. The van der Waals surface area contributed by atoms with Crippen molar-refractivity contribution < 1.29 is 18.1 Å². The number of nitrogens with one attached hydrogen (secondary N) is 1. The van der Waals surface area contributed by atoms with Gasteiger partial charge in [-0.1, -0.05) is 19.9 Å². The summed E-state index contributed by atoms with van der Waals surface area (Å²) in [6.45, 7) is 4.11. The van der Waals surface area contributed by atoms with Crippen molar-refractivity contribution in [1.82, 2.24) is 19.1 Å². The first kappa shape index (κ1) is 22.1. The molecule has 0 aliphatic carbocycles. The van der Waals surface area contributed by atoms with E-state index >= 15 is 0 Å². The molecule has 0 aliphatic heterocycles. The van der Waals surface area contributed by atoms with Gasteiger partial charge < -0.3 is 5.32 Å². The second-order valence-corrected chi connectivity index (χ2v) is 8.31. The Bertz CT molecular complexity index is 1210. The summed E-state index contributed by atoms with van der Waals surface area (Å²) in [5, 5.41) is 17.9. The van der Waals surface area contributed by atoms with Crippen LogP contribution < -0.4 is 5.32 Å². The highest BCUT2D eigenvalue weighted by Gasteiger charge is 2.23. The largest absolute Gasteiger partial charge is 0.322 e. The van der Waals surface area contributed by atoms with Gasteiger partial charge >= 0.3 is 0 Å². The van der Waals surface area contributed by atoms with Gasteiger partial charge in [0.25, 0.3) is 11.6 Å². The zero-order valence-electron chi connectivity index (χ0n) is 16.8. The minimum Gasteiger partial charge on any atom is -0.322 e. The van der Waals surface area contributed by atoms with Crippen molar-refractivity contribution >= 4 is 27.3 Å². The highest BCUT2D eigenvalue weighted by Crippen LogP contribution is 2.25. The van der Waals surface area contributed by atoms with E-state index < -0.39 is 20.9 Å². The molecule has 12 heteroatoms. The van der Waals surface area contributed by atoms with E-state index in [2.05, 4.69) is 15.4 Å². The van der Waals surface area contributed by atoms with Crippen molar-refractivity contribution in [2.45, 2.75) is 18.7 Å². The number of nitro benzene ring substituents is 1. The van der Waals surface area contributed by atoms with Gasteiger partial charge in [-0.05, 0) is 30.3 Å². The van der Waals surface area contributed by atoms with Crippen LogP contribution in [-0.2, 0) is 10.0 Å². The summed E-state index contributed by atoms with van der Waals surface area (Å²) in [6.07, 6.45) is 2.55. The van der Waals surface area contributed by atoms with Crippen LogP contribution in [0.3, 0.4) is 0 Å². The number of carbonyl (C=O) groups is 1. The lowest BCUT2D eigenvalue weighted by Crippen LogP contribution is -2.30. The lowest BCUT2D eigenvalue weighted by molar-refractivity contribution is -0.384. The average molecular weight is 444 g/mol. The van der Waals surface area contributed by atoms with Crippen LogP contribution in [0.15, 0.2) is 60.0 Å². The van der Waals surface area contributed by atoms with Gasteiger partial charge in [-0.2, -0.15) is 9.40 Å². The van der Waals surface area contributed by atoms with E-state index in [4.69, 9.17) is 0 Å². The number of sulfonamides is 1. The van der Waals surface area contributed by atoms with Gasteiger partial charge in [-0.3, -0.25) is 14.9 Å². The van der Waals surface area contributed by atoms with E-state index in [0.29, 0.717) is 13.1 Å². The summed E-state index contributed by atoms with van der Waals surface area (Å²) in [6, 6.07) is 9.78.